The minimum Gasteiger partial charge on any atom is -0.378 e. The zero-order chi connectivity index (χ0) is 13.7. The van der Waals surface area contributed by atoms with E-state index in [4.69, 9.17) is 4.74 Å². The van der Waals surface area contributed by atoms with E-state index in [1.165, 1.54) is 6.07 Å². The van der Waals surface area contributed by atoms with Gasteiger partial charge in [-0.3, -0.25) is 10.1 Å². The zero-order valence-electron chi connectivity index (χ0n) is 10.5. The van der Waals surface area contributed by atoms with Crippen LogP contribution >= 0.6 is 0 Å². The summed E-state index contributed by atoms with van der Waals surface area (Å²) in [6.45, 7) is 0. The molecule has 0 amide bonds. The fourth-order valence-corrected chi connectivity index (χ4v) is 3.11. The summed E-state index contributed by atoms with van der Waals surface area (Å²) in [6, 6.07) is 3.29. The van der Waals surface area contributed by atoms with Crippen LogP contribution in [0.3, 0.4) is 0 Å². The van der Waals surface area contributed by atoms with Gasteiger partial charge in [0.05, 0.1) is 28.9 Å². The Morgan fingerprint density at radius 1 is 1.30 bits per heavy atom. The number of fused-ring (bicyclic) bond motifs is 3. The molecule has 3 unspecified atom stereocenters. The van der Waals surface area contributed by atoms with Crippen LogP contribution in [0.25, 0.3) is 11.0 Å². The molecule has 8 nitrogen and oxygen atoms in total. The van der Waals surface area contributed by atoms with Gasteiger partial charge in [-0.05, 0) is 35.6 Å². The molecule has 0 saturated carbocycles. The monoisotopic (exact) mass is 276 g/mol. The first-order valence-corrected chi connectivity index (χ1v) is 6.54. The summed E-state index contributed by atoms with van der Waals surface area (Å²) in [5.41, 5.74) is 1.16. The van der Waals surface area contributed by atoms with Crippen LogP contribution in [0.1, 0.15) is 19.3 Å². The van der Waals surface area contributed by atoms with Crippen LogP contribution in [0.2, 0.25) is 0 Å². The molecule has 4 rings (SSSR count). The van der Waals surface area contributed by atoms with Crippen LogP contribution in [-0.4, -0.2) is 33.5 Å². The number of nitrogens with zero attached hydrogens (tertiary/aromatic N) is 3. The summed E-state index contributed by atoms with van der Waals surface area (Å²) in [5.74, 6) is 0. The molecule has 3 heterocycles. The maximum Gasteiger partial charge on any atom is 0.300 e. The number of nitro benzene ring substituents is 1. The van der Waals surface area contributed by atoms with Crippen molar-refractivity contribution in [3.05, 3.63) is 22.2 Å². The molecule has 2 bridgehead atoms. The highest BCUT2D eigenvalue weighted by Crippen LogP contribution is 2.37. The highest BCUT2D eigenvalue weighted by Gasteiger charge is 2.41. The minimum atomic E-state index is -0.489. The molecule has 20 heavy (non-hydrogen) atoms. The topological polar surface area (TPSA) is 103 Å². The number of nitrogens with one attached hydrogen (secondary N) is 1. The first-order valence-electron chi connectivity index (χ1n) is 6.54. The van der Waals surface area contributed by atoms with Crippen molar-refractivity contribution in [3.8, 4) is 0 Å². The predicted molar refractivity (Wildman–Crippen MR) is 68.4 cm³/mol. The molecule has 2 aliphatic heterocycles. The molecule has 0 radical (unpaired) electrons. The van der Waals surface area contributed by atoms with E-state index < -0.39 is 4.92 Å². The number of nitro groups is 1. The third-order valence-electron chi connectivity index (χ3n) is 4.04. The van der Waals surface area contributed by atoms with E-state index in [9.17, 15) is 10.1 Å². The molecule has 2 aliphatic rings. The maximum atomic E-state index is 10.9. The lowest BCUT2D eigenvalue weighted by atomic mass is 9.95. The summed E-state index contributed by atoms with van der Waals surface area (Å²) < 4.78 is 10.4. The van der Waals surface area contributed by atoms with Crippen molar-refractivity contribution in [1.82, 2.24) is 10.3 Å². The van der Waals surface area contributed by atoms with Crippen LogP contribution in [0.15, 0.2) is 16.8 Å². The molecule has 8 heteroatoms. The number of hydrogen-bond acceptors (Lipinski definition) is 7. The number of rotatable bonds is 3. The second kappa shape index (κ2) is 4.14. The van der Waals surface area contributed by atoms with Gasteiger partial charge < -0.3 is 10.1 Å². The Hall–Kier alpha value is -2.22. The average Bonchev–Trinajstić information content (AvgIpc) is 3.14. The van der Waals surface area contributed by atoms with Crippen molar-refractivity contribution < 1.29 is 14.3 Å². The third-order valence-corrected chi connectivity index (χ3v) is 4.04. The van der Waals surface area contributed by atoms with Crippen molar-refractivity contribution in [3.63, 3.8) is 0 Å². The highest BCUT2D eigenvalue weighted by atomic mass is 16.6. The molecule has 0 spiro atoms. The van der Waals surface area contributed by atoms with Crippen LogP contribution in [0.5, 0.6) is 0 Å². The normalized spacial score (nSPS) is 28.1. The van der Waals surface area contributed by atoms with Crippen LogP contribution in [0, 0.1) is 10.1 Å². The number of benzene rings is 1. The molecule has 3 atom stereocenters. The Morgan fingerprint density at radius 2 is 2.15 bits per heavy atom. The first kappa shape index (κ1) is 11.6. The Labute approximate surface area is 113 Å². The summed E-state index contributed by atoms with van der Waals surface area (Å²) in [5, 5.41) is 21.7. The molecule has 2 fully saturated rings. The molecular weight excluding hydrogens is 264 g/mol. The standard InChI is InChI=1S/C12H12N4O4/c17-16(18)9-3-2-7(11-12(9)15-20-14-11)13-8-5-6-1-4-10(8)19-6/h2-3,6,8,10,13H,1,4-5H2. The lowest BCUT2D eigenvalue weighted by molar-refractivity contribution is -0.383. The number of ether oxygens (including phenoxy) is 1. The van der Waals surface area contributed by atoms with Gasteiger partial charge in [0, 0.05) is 6.07 Å². The minimum absolute atomic E-state index is 0.101. The van der Waals surface area contributed by atoms with Crippen molar-refractivity contribution in [2.45, 2.75) is 37.5 Å². The third kappa shape index (κ3) is 1.64. The van der Waals surface area contributed by atoms with Gasteiger partial charge in [-0.15, -0.1) is 0 Å². The fourth-order valence-electron chi connectivity index (χ4n) is 3.11. The van der Waals surface area contributed by atoms with Crippen LogP contribution < -0.4 is 5.32 Å². The van der Waals surface area contributed by atoms with Crippen molar-refractivity contribution in [2.75, 3.05) is 5.32 Å². The Morgan fingerprint density at radius 3 is 2.85 bits per heavy atom. The Bertz CT molecular complexity index is 685. The van der Waals surface area contributed by atoms with Crippen molar-refractivity contribution >= 4 is 22.4 Å². The average molecular weight is 276 g/mol. The van der Waals surface area contributed by atoms with Gasteiger partial charge in [0.25, 0.3) is 0 Å². The van der Waals surface area contributed by atoms with E-state index in [-0.39, 0.29) is 23.3 Å². The van der Waals surface area contributed by atoms with Gasteiger partial charge in [0.2, 0.25) is 5.52 Å². The van der Waals surface area contributed by atoms with Gasteiger partial charge in [0.15, 0.2) is 5.52 Å². The van der Waals surface area contributed by atoms with Crippen LogP contribution in [-0.2, 0) is 4.74 Å². The Kier molecular flexibility index (Phi) is 2.40. The molecule has 1 aromatic carbocycles. The van der Waals surface area contributed by atoms with Gasteiger partial charge >= 0.3 is 5.69 Å². The van der Waals surface area contributed by atoms with E-state index in [1.807, 2.05) is 0 Å². The molecular formula is C12H12N4O4. The Balaban J connectivity index is 1.69. The van der Waals surface area contributed by atoms with E-state index in [0.29, 0.717) is 17.3 Å². The molecule has 0 aliphatic carbocycles. The van der Waals surface area contributed by atoms with E-state index in [0.717, 1.165) is 19.3 Å². The SMILES string of the molecule is O=[N+]([O-])c1ccc(NC2CC3CCC2O3)c2nonc12. The lowest BCUT2D eigenvalue weighted by Gasteiger charge is -2.21. The fraction of sp³-hybridized carbons (Fsp3) is 0.500. The van der Waals surface area contributed by atoms with Gasteiger partial charge in [-0.2, -0.15) is 0 Å². The molecule has 2 aromatic rings. The number of aromatic nitrogens is 2. The van der Waals surface area contributed by atoms with Gasteiger partial charge in [-0.1, -0.05) is 0 Å². The van der Waals surface area contributed by atoms with E-state index in [2.05, 4.69) is 20.3 Å². The summed E-state index contributed by atoms with van der Waals surface area (Å²) in [4.78, 5) is 10.4. The second-order valence-electron chi connectivity index (χ2n) is 5.21. The smallest absolute Gasteiger partial charge is 0.300 e. The van der Waals surface area contributed by atoms with Crippen molar-refractivity contribution in [2.24, 2.45) is 0 Å². The first-order chi connectivity index (χ1) is 9.72. The molecule has 104 valence electrons. The maximum absolute atomic E-state index is 10.9. The predicted octanol–water partition coefficient (Wildman–Crippen LogP) is 1.86. The lowest BCUT2D eigenvalue weighted by Crippen LogP contribution is -2.30. The number of anilines is 1. The van der Waals surface area contributed by atoms with Crippen molar-refractivity contribution in [1.29, 1.82) is 0 Å². The van der Waals surface area contributed by atoms with E-state index in [1.54, 1.807) is 6.07 Å². The van der Waals surface area contributed by atoms with E-state index >= 15 is 0 Å². The van der Waals surface area contributed by atoms with Gasteiger partial charge in [0.1, 0.15) is 0 Å². The summed E-state index contributed by atoms with van der Waals surface area (Å²) in [7, 11) is 0. The van der Waals surface area contributed by atoms with Crippen LogP contribution in [0.4, 0.5) is 11.4 Å². The second-order valence-corrected chi connectivity index (χ2v) is 5.21. The summed E-state index contributed by atoms with van der Waals surface area (Å²) in [6.07, 6.45) is 3.67. The number of non-ortho nitro benzene ring substituents is 1. The van der Waals surface area contributed by atoms with Gasteiger partial charge in [-0.25, -0.2) is 4.63 Å². The number of hydrogen-bond donors (Lipinski definition) is 1. The molecule has 2 saturated heterocycles. The highest BCUT2D eigenvalue weighted by molar-refractivity contribution is 5.93. The quantitative estimate of drug-likeness (QED) is 0.674. The largest absolute Gasteiger partial charge is 0.378 e. The molecule has 1 aromatic heterocycles. The zero-order valence-corrected chi connectivity index (χ0v) is 10.5. The summed E-state index contributed by atoms with van der Waals surface area (Å²) >= 11 is 0. The molecule has 1 N–H and O–H groups in total.